The fourth-order valence-electron chi connectivity index (χ4n) is 2.53. The van der Waals surface area contributed by atoms with Crippen LogP contribution in [0.15, 0.2) is 77.8 Å². The van der Waals surface area contributed by atoms with E-state index < -0.39 is 21.8 Å². The minimum atomic E-state index is -4.06. The van der Waals surface area contributed by atoms with Crippen molar-refractivity contribution in [1.29, 1.82) is 0 Å². The van der Waals surface area contributed by atoms with E-state index in [2.05, 4.69) is 10.3 Å². The molecule has 0 saturated heterocycles. The molecule has 0 bridgehead atoms. The highest BCUT2D eigenvalue weighted by molar-refractivity contribution is 7.90. The predicted molar refractivity (Wildman–Crippen MR) is 109 cm³/mol. The number of hydrogen-bond donors (Lipinski definition) is 2. The highest BCUT2D eigenvalue weighted by atomic mass is 32.2. The van der Waals surface area contributed by atoms with E-state index in [0.29, 0.717) is 12.3 Å². The molecule has 3 aromatic rings. The maximum absolute atomic E-state index is 12.4. The first-order chi connectivity index (χ1) is 14.4. The van der Waals surface area contributed by atoms with Crippen molar-refractivity contribution in [1.82, 2.24) is 15.0 Å². The Morgan fingerprint density at radius 2 is 1.63 bits per heavy atom. The molecule has 9 heteroatoms. The van der Waals surface area contributed by atoms with Gasteiger partial charge in [0.1, 0.15) is 11.4 Å². The third-order valence-electron chi connectivity index (χ3n) is 4.15. The summed E-state index contributed by atoms with van der Waals surface area (Å²) in [5.41, 5.74) is 1.05. The first-order valence-corrected chi connectivity index (χ1v) is 10.4. The zero-order valence-corrected chi connectivity index (χ0v) is 16.8. The lowest BCUT2D eigenvalue weighted by Gasteiger charge is -2.08. The van der Waals surface area contributed by atoms with Crippen molar-refractivity contribution in [2.75, 3.05) is 7.11 Å². The number of methoxy groups -OCH3 is 1. The maximum Gasteiger partial charge on any atom is 0.270 e. The van der Waals surface area contributed by atoms with Crippen molar-refractivity contribution >= 4 is 21.8 Å². The highest BCUT2D eigenvalue weighted by Crippen LogP contribution is 2.15. The molecule has 0 radical (unpaired) electrons. The lowest BCUT2D eigenvalue weighted by Crippen LogP contribution is -2.31. The van der Waals surface area contributed by atoms with Gasteiger partial charge in [0, 0.05) is 12.7 Å². The number of benzene rings is 2. The van der Waals surface area contributed by atoms with Gasteiger partial charge in [-0.3, -0.25) is 14.6 Å². The summed E-state index contributed by atoms with van der Waals surface area (Å²) in [6.45, 7) is 0.337. The van der Waals surface area contributed by atoms with Crippen LogP contribution in [0.3, 0.4) is 0 Å². The molecule has 2 amide bonds. The Labute approximate surface area is 174 Å². The second kappa shape index (κ2) is 9.19. The summed E-state index contributed by atoms with van der Waals surface area (Å²) in [6.07, 6.45) is 1.15. The van der Waals surface area contributed by atoms with E-state index in [0.717, 1.165) is 11.8 Å². The molecule has 3 rings (SSSR count). The van der Waals surface area contributed by atoms with E-state index in [9.17, 15) is 18.0 Å². The number of pyridine rings is 1. The molecule has 1 aromatic heterocycles. The van der Waals surface area contributed by atoms with E-state index in [1.54, 1.807) is 0 Å². The van der Waals surface area contributed by atoms with Gasteiger partial charge in [-0.15, -0.1) is 0 Å². The van der Waals surface area contributed by atoms with Gasteiger partial charge in [-0.05, 0) is 42.0 Å². The predicted octanol–water partition coefficient (Wildman–Crippen LogP) is 2.14. The Morgan fingerprint density at radius 3 is 2.23 bits per heavy atom. The molecular weight excluding hydrogens is 406 g/mol. The van der Waals surface area contributed by atoms with Crippen molar-refractivity contribution in [3.05, 3.63) is 89.7 Å². The van der Waals surface area contributed by atoms with E-state index in [1.807, 2.05) is 35.1 Å². The minimum absolute atomic E-state index is 0.00620. The van der Waals surface area contributed by atoms with Crippen LogP contribution in [0, 0.1) is 0 Å². The molecule has 0 unspecified atom stereocenters. The van der Waals surface area contributed by atoms with Crippen LogP contribution in [0.1, 0.15) is 26.4 Å². The zero-order valence-electron chi connectivity index (χ0n) is 16.0. The van der Waals surface area contributed by atoms with Gasteiger partial charge in [-0.1, -0.05) is 30.3 Å². The zero-order chi connectivity index (χ0) is 21.6. The van der Waals surface area contributed by atoms with Gasteiger partial charge in [-0.2, -0.15) is 0 Å². The number of ether oxygens (including phenoxy) is 1. The van der Waals surface area contributed by atoms with Crippen molar-refractivity contribution in [3.8, 4) is 5.75 Å². The summed E-state index contributed by atoms with van der Waals surface area (Å²) in [4.78, 5) is 28.3. The lowest BCUT2D eigenvalue weighted by atomic mass is 10.2. The number of nitrogens with one attached hydrogen (secondary N) is 2. The molecular formula is C21H19N3O5S. The van der Waals surface area contributed by atoms with E-state index in [-0.39, 0.29) is 16.2 Å². The summed E-state index contributed by atoms with van der Waals surface area (Å²) in [5, 5.41) is 2.72. The van der Waals surface area contributed by atoms with Crippen LogP contribution in [-0.2, 0) is 16.6 Å². The van der Waals surface area contributed by atoms with Crippen molar-refractivity contribution < 1.29 is 22.7 Å². The molecule has 30 heavy (non-hydrogen) atoms. The van der Waals surface area contributed by atoms with E-state index >= 15 is 0 Å². The molecule has 0 saturated carbocycles. The van der Waals surface area contributed by atoms with Crippen molar-refractivity contribution in [2.24, 2.45) is 0 Å². The SMILES string of the molecule is COc1ccc(S(=O)(=O)NC(=O)c2ccc(C(=O)NCc3ccccc3)nc2)cc1. The number of carbonyl (C=O) groups excluding carboxylic acids is 2. The Hall–Kier alpha value is -3.72. The average Bonchev–Trinajstić information content (AvgIpc) is 2.78. The fourth-order valence-corrected chi connectivity index (χ4v) is 3.50. The summed E-state index contributed by atoms with van der Waals surface area (Å²) in [7, 11) is -2.60. The molecule has 1 heterocycles. The van der Waals surface area contributed by atoms with E-state index in [1.165, 1.54) is 43.5 Å². The van der Waals surface area contributed by atoms with Gasteiger partial charge >= 0.3 is 0 Å². The molecule has 154 valence electrons. The van der Waals surface area contributed by atoms with Gasteiger partial charge < -0.3 is 10.1 Å². The first-order valence-electron chi connectivity index (χ1n) is 8.88. The van der Waals surface area contributed by atoms with Gasteiger partial charge in [0.15, 0.2) is 0 Å². The molecule has 0 aliphatic heterocycles. The Bertz CT molecular complexity index is 1130. The highest BCUT2D eigenvalue weighted by Gasteiger charge is 2.19. The van der Waals surface area contributed by atoms with Crippen LogP contribution in [0.5, 0.6) is 5.75 Å². The number of aromatic nitrogens is 1. The number of rotatable bonds is 7. The molecule has 0 aliphatic rings. The topological polar surface area (TPSA) is 114 Å². The number of sulfonamides is 1. The largest absolute Gasteiger partial charge is 0.497 e. The summed E-state index contributed by atoms with van der Waals surface area (Å²) in [6, 6.07) is 17.7. The van der Waals surface area contributed by atoms with Gasteiger partial charge in [-0.25, -0.2) is 13.1 Å². The van der Waals surface area contributed by atoms with Crippen molar-refractivity contribution in [3.63, 3.8) is 0 Å². The third-order valence-corrected chi connectivity index (χ3v) is 5.50. The number of amides is 2. The molecule has 2 aromatic carbocycles. The first kappa shape index (κ1) is 21.0. The standard InChI is InChI=1S/C21H19N3O5S/c1-29-17-8-10-18(11-9-17)30(27,28)24-20(25)16-7-12-19(22-14-16)21(26)23-13-15-5-3-2-4-6-15/h2-12,14H,13H2,1H3,(H,23,26)(H,24,25). The minimum Gasteiger partial charge on any atom is -0.497 e. The second-order valence-electron chi connectivity index (χ2n) is 6.21. The third kappa shape index (κ3) is 5.21. The number of hydrogen-bond acceptors (Lipinski definition) is 6. The van der Waals surface area contributed by atoms with Crippen LogP contribution in [0.25, 0.3) is 0 Å². The molecule has 2 N–H and O–H groups in total. The molecule has 0 aliphatic carbocycles. The fraction of sp³-hybridized carbons (Fsp3) is 0.0952. The van der Waals surface area contributed by atoms with Crippen LogP contribution in [0.2, 0.25) is 0 Å². The monoisotopic (exact) mass is 425 g/mol. The lowest BCUT2D eigenvalue weighted by molar-refractivity contribution is 0.0941. The quantitative estimate of drug-likeness (QED) is 0.599. The van der Waals surface area contributed by atoms with Crippen molar-refractivity contribution in [2.45, 2.75) is 11.4 Å². The van der Waals surface area contributed by atoms with Gasteiger partial charge in [0.2, 0.25) is 0 Å². The summed E-state index contributed by atoms with van der Waals surface area (Å²) < 4.78 is 31.7. The maximum atomic E-state index is 12.4. The Morgan fingerprint density at radius 1 is 0.933 bits per heavy atom. The summed E-state index contributed by atoms with van der Waals surface area (Å²) in [5.74, 6) is -0.767. The molecule has 0 fully saturated rings. The van der Waals surface area contributed by atoms with Crippen LogP contribution >= 0.6 is 0 Å². The van der Waals surface area contributed by atoms with Crippen LogP contribution < -0.4 is 14.8 Å². The second-order valence-corrected chi connectivity index (χ2v) is 7.89. The Balaban J connectivity index is 1.63. The van der Waals surface area contributed by atoms with Gasteiger partial charge in [0.05, 0.1) is 17.6 Å². The van der Waals surface area contributed by atoms with Crippen LogP contribution in [-0.4, -0.2) is 32.3 Å². The van der Waals surface area contributed by atoms with E-state index in [4.69, 9.17) is 4.74 Å². The number of nitrogens with zero attached hydrogens (tertiary/aromatic N) is 1. The summed E-state index contributed by atoms with van der Waals surface area (Å²) >= 11 is 0. The Kier molecular flexibility index (Phi) is 6.43. The molecule has 0 spiro atoms. The average molecular weight is 425 g/mol. The molecule has 0 atom stereocenters. The number of carbonyl (C=O) groups is 2. The molecule has 8 nitrogen and oxygen atoms in total. The van der Waals surface area contributed by atoms with Crippen LogP contribution in [0.4, 0.5) is 0 Å². The normalized spacial score (nSPS) is 10.8. The smallest absolute Gasteiger partial charge is 0.270 e. The van der Waals surface area contributed by atoms with Gasteiger partial charge in [0.25, 0.3) is 21.8 Å².